The molecular weight excluding hydrogens is 516 g/mol. The molecule has 0 unspecified atom stereocenters. The van der Waals surface area contributed by atoms with Crippen molar-refractivity contribution in [2.75, 3.05) is 17.7 Å². The number of rotatable bonds is 10. The van der Waals surface area contributed by atoms with Crippen LogP contribution in [-0.4, -0.2) is 42.3 Å². The summed E-state index contributed by atoms with van der Waals surface area (Å²) in [5, 5.41) is 14.7. The Kier molecular flexibility index (Phi) is 8.09. The minimum atomic E-state index is -0.283. The SMILES string of the molecule is CCc1cn(-c2cc(C(=O)Nc3cccc(-c4nncn4C(C)C)n3)c(NCc3ccc(OC)cc3)cc2C)cn1. The number of pyridine rings is 1. The van der Waals surface area contributed by atoms with E-state index in [2.05, 4.69) is 51.6 Å². The van der Waals surface area contributed by atoms with E-state index in [0.717, 1.165) is 34.7 Å². The Morgan fingerprint density at radius 3 is 2.59 bits per heavy atom. The number of nitrogens with zero attached hydrogens (tertiary/aromatic N) is 6. The van der Waals surface area contributed by atoms with E-state index in [9.17, 15) is 4.79 Å². The first-order chi connectivity index (χ1) is 19.9. The molecule has 0 aliphatic heterocycles. The molecule has 210 valence electrons. The van der Waals surface area contributed by atoms with Gasteiger partial charge in [0.05, 0.1) is 30.4 Å². The van der Waals surface area contributed by atoms with Gasteiger partial charge >= 0.3 is 0 Å². The smallest absolute Gasteiger partial charge is 0.258 e. The lowest BCUT2D eigenvalue weighted by atomic mass is 10.1. The zero-order valence-electron chi connectivity index (χ0n) is 23.9. The van der Waals surface area contributed by atoms with Crippen molar-refractivity contribution >= 4 is 17.4 Å². The van der Waals surface area contributed by atoms with Crippen molar-refractivity contribution in [3.63, 3.8) is 0 Å². The second kappa shape index (κ2) is 12.0. The van der Waals surface area contributed by atoms with Gasteiger partial charge < -0.3 is 24.5 Å². The summed E-state index contributed by atoms with van der Waals surface area (Å²) in [5.74, 6) is 1.57. The summed E-state index contributed by atoms with van der Waals surface area (Å²) in [5.41, 5.74) is 5.75. The number of ether oxygens (including phenoxy) is 1. The molecule has 0 fully saturated rings. The Balaban J connectivity index is 1.47. The first kappa shape index (κ1) is 27.6. The van der Waals surface area contributed by atoms with Crippen LogP contribution in [0.25, 0.3) is 17.2 Å². The highest BCUT2D eigenvalue weighted by Crippen LogP contribution is 2.27. The highest BCUT2D eigenvalue weighted by atomic mass is 16.5. The maximum absolute atomic E-state index is 13.8. The average molecular weight is 551 g/mol. The maximum atomic E-state index is 13.8. The van der Waals surface area contributed by atoms with Crippen molar-refractivity contribution in [2.45, 2.75) is 46.7 Å². The van der Waals surface area contributed by atoms with Crippen LogP contribution in [0.3, 0.4) is 0 Å². The van der Waals surface area contributed by atoms with Crippen LogP contribution in [0.1, 0.15) is 54.0 Å². The van der Waals surface area contributed by atoms with Crippen molar-refractivity contribution in [3.8, 4) is 23.0 Å². The number of aryl methyl sites for hydroxylation is 2. The molecule has 0 saturated heterocycles. The van der Waals surface area contributed by atoms with Crippen LogP contribution in [0.15, 0.2) is 73.4 Å². The second-order valence-corrected chi connectivity index (χ2v) is 10.0. The molecule has 0 aliphatic carbocycles. The molecule has 5 aromatic rings. The van der Waals surface area contributed by atoms with Gasteiger partial charge in [0.2, 0.25) is 0 Å². The third kappa shape index (κ3) is 6.11. The van der Waals surface area contributed by atoms with Gasteiger partial charge in [0, 0.05) is 24.5 Å². The number of hydrogen-bond acceptors (Lipinski definition) is 7. The van der Waals surface area contributed by atoms with E-state index < -0.39 is 0 Å². The summed E-state index contributed by atoms with van der Waals surface area (Å²) in [6.07, 6.45) is 6.28. The number of hydrogen-bond donors (Lipinski definition) is 2. The fourth-order valence-electron chi connectivity index (χ4n) is 4.54. The average Bonchev–Trinajstić information content (AvgIpc) is 3.67. The van der Waals surface area contributed by atoms with Crippen LogP contribution < -0.4 is 15.4 Å². The van der Waals surface area contributed by atoms with Gasteiger partial charge in [0.1, 0.15) is 23.6 Å². The van der Waals surface area contributed by atoms with Crippen LogP contribution in [0.2, 0.25) is 0 Å². The van der Waals surface area contributed by atoms with Crippen molar-refractivity contribution < 1.29 is 9.53 Å². The molecule has 10 heteroatoms. The molecule has 41 heavy (non-hydrogen) atoms. The highest BCUT2D eigenvalue weighted by Gasteiger charge is 2.18. The van der Waals surface area contributed by atoms with Gasteiger partial charge in [-0.1, -0.05) is 25.1 Å². The van der Waals surface area contributed by atoms with E-state index in [1.807, 2.05) is 70.8 Å². The fraction of sp³-hybridized carbons (Fsp3) is 0.258. The number of carbonyl (C=O) groups is 1. The number of methoxy groups -OCH3 is 1. The number of nitrogens with one attached hydrogen (secondary N) is 2. The molecule has 0 spiro atoms. The van der Waals surface area contributed by atoms with Gasteiger partial charge in [-0.15, -0.1) is 10.2 Å². The summed E-state index contributed by atoms with van der Waals surface area (Å²) < 4.78 is 9.17. The summed E-state index contributed by atoms with van der Waals surface area (Å²) in [6, 6.07) is 17.3. The van der Waals surface area contributed by atoms with E-state index in [-0.39, 0.29) is 11.9 Å². The van der Waals surface area contributed by atoms with Gasteiger partial charge in [0.15, 0.2) is 5.82 Å². The molecule has 2 N–H and O–H groups in total. The molecule has 3 heterocycles. The van der Waals surface area contributed by atoms with Gasteiger partial charge in [-0.3, -0.25) is 4.79 Å². The normalized spacial score (nSPS) is 11.1. The lowest BCUT2D eigenvalue weighted by molar-refractivity contribution is 0.102. The molecular formula is C31H34N8O2. The van der Waals surface area contributed by atoms with Crippen molar-refractivity contribution in [3.05, 3.63) is 95.8 Å². The molecule has 1 amide bonds. The lowest BCUT2D eigenvalue weighted by Crippen LogP contribution is -2.17. The molecule has 3 aromatic heterocycles. The van der Waals surface area contributed by atoms with E-state index in [1.165, 1.54) is 0 Å². The van der Waals surface area contributed by atoms with Gasteiger partial charge in [0.25, 0.3) is 5.91 Å². The van der Waals surface area contributed by atoms with Crippen molar-refractivity contribution in [1.82, 2.24) is 29.3 Å². The van der Waals surface area contributed by atoms with Gasteiger partial charge in [-0.05, 0) is 74.7 Å². The molecule has 0 radical (unpaired) electrons. The summed E-state index contributed by atoms with van der Waals surface area (Å²) >= 11 is 0. The molecule has 0 saturated carbocycles. The van der Waals surface area contributed by atoms with Crippen LogP contribution in [-0.2, 0) is 13.0 Å². The minimum Gasteiger partial charge on any atom is -0.497 e. The third-order valence-electron chi connectivity index (χ3n) is 6.85. The zero-order valence-corrected chi connectivity index (χ0v) is 23.9. The van der Waals surface area contributed by atoms with E-state index in [0.29, 0.717) is 35.1 Å². The number of carbonyl (C=O) groups excluding carboxylic acids is 1. The van der Waals surface area contributed by atoms with Crippen LogP contribution in [0.4, 0.5) is 11.5 Å². The van der Waals surface area contributed by atoms with Crippen LogP contribution in [0, 0.1) is 6.92 Å². The maximum Gasteiger partial charge on any atom is 0.258 e. The number of amides is 1. The highest BCUT2D eigenvalue weighted by molar-refractivity contribution is 6.08. The first-order valence-electron chi connectivity index (χ1n) is 13.6. The predicted molar refractivity (Wildman–Crippen MR) is 160 cm³/mol. The molecule has 0 atom stereocenters. The topological polar surface area (TPSA) is 112 Å². The standard InChI is InChI=1S/C31H34N8O2/c1-6-23-17-38(18-33-23)28-15-25(27(14-21(28)4)32-16-22-10-12-24(41-5)13-11-22)31(40)36-29-9-7-8-26(35-29)30-37-34-19-39(30)20(2)3/h7-15,17-20,32H,6,16H2,1-5H3,(H,35,36,40). The molecule has 0 bridgehead atoms. The van der Waals surface area contributed by atoms with Crippen molar-refractivity contribution in [2.24, 2.45) is 0 Å². The number of aromatic nitrogens is 6. The van der Waals surface area contributed by atoms with Gasteiger partial charge in [-0.2, -0.15) is 0 Å². The lowest BCUT2D eigenvalue weighted by Gasteiger charge is -2.17. The Morgan fingerprint density at radius 2 is 1.88 bits per heavy atom. The Labute approximate surface area is 239 Å². The zero-order chi connectivity index (χ0) is 28.9. The Hall–Kier alpha value is -4.99. The Bertz CT molecular complexity index is 1650. The summed E-state index contributed by atoms with van der Waals surface area (Å²) in [6.45, 7) is 8.73. The number of imidazole rings is 1. The third-order valence-corrected chi connectivity index (χ3v) is 6.85. The fourth-order valence-corrected chi connectivity index (χ4v) is 4.54. The largest absolute Gasteiger partial charge is 0.497 e. The van der Waals surface area contributed by atoms with E-state index in [1.54, 1.807) is 25.8 Å². The van der Waals surface area contributed by atoms with Gasteiger partial charge in [-0.25, -0.2) is 9.97 Å². The molecule has 2 aromatic carbocycles. The summed E-state index contributed by atoms with van der Waals surface area (Å²) in [7, 11) is 1.64. The Morgan fingerprint density at radius 1 is 1.07 bits per heavy atom. The quantitative estimate of drug-likeness (QED) is 0.224. The minimum absolute atomic E-state index is 0.168. The monoisotopic (exact) mass is 550 g/mol. The molecule has 10 nitrogen and oxygen atoms in total. The second-order valence-electron chi connectivity index (χ2n) is 10.0. The number of benzene rings is 2. The van der Waals surface area contributed by atoms with E-state index in [4.69, 9.17) is 4.74 Å². The van der Waals surface area contributed by atoms with E-state index >= 15 is 0 Å². The molecule has 5 rings (SSSR count). The summed E-state index contributed by atoms with van der Waals surface area (Å²) in [4.78, 5) is 22.9. The van der Waals surface area contributed by atoms with Crippen molar-refractivity contribution in [1.29, 1.82) is 0 Å². The van der Waals surface area contributed by atoms with Crippen LogP contribution in [0.5, 0.6) is 5.75 Å². The predicted octanol–water partition coefficient (Wildman–Crippen LogP) is 5.85. The number of anilines is 2. The first-order valence-corrected chi connectivity index (χ1v) is 13.6. The van der Waals surface area contributed by atoms with Crippen LogP contribution >= 0.6 is 0 Å². The molecule has 0 aliphatic rings.